The van der Waals surface area contributed by atoms with Crippen LogP contribution in [0.4, 0.5) is 20.4 Å². The van der Waals surface area contributed by atoms with Crippen molar-refractivity contribution in [3.63, 3.8) is 0 Å². The van der Waals surface area contributed by atoms with E-state index in [0.29, 0.717) is 49.1 Å². The molecule has 1 aromatic heterocycles. The highest BCUT2D eigenvalue weighted by molar-refractivity contribution is 6.05. The van der Waals surface area contributed by atoms with Gasteiger partial charge in [0.15, 0.2) is 11.6 Å². The molecule has 0 spiro atoms. The van der Waals surface area contributed by atoms with E-state index in [4.69, 9.17) is 4.74 Å². The first-order valence-corrected chi connectivity index (χ1v) is 11.3. The van der Waals surface area contributed by atoms with Crippen LogP contribution in [0.3, 0.4) is 0 Å². The third kappa shape index (κ3) is 4.77. The number of hydrogen-bond acceptors (Lipinski definition) is 7. The van der Waals surface area contributed by atoms with E-state index in [1.807, 2.05) is 32.1 Å². The average Bonchev–Trinajstić information content (AvgIpc) is 3.44. The van der Waals surface area contributed by atoms with E-state index in [0.717, 1.165) is 17.2 Å². The van der Waals surface area contributed by atoms with Gasteiger partial charge in [0.2, 0.25) is 5.91 Å². The Kier molecular flexibility index (Phi) is 6.02. The van der Waals surface area contributed by atoms with E-state index < -0.39 is 11.6 Å². The van der Waals surface area contributed by atoms with E-state index in [-0.39, 0.29) is 29.8 Å². The number of amides is 1. The minimum atomic E-state index is -0.668. The lowest BCUT2D eigenvalue weighted by molar-refractivity contribution is -0.120. The highest BCUT2D eigenvalue weighted by Gasteiger charge is 2.25. The quantitative estimate of drug-likeness (QED) is 0.680. The second-order valence-corrected chi connectivity index (χ2v) is 8.54. The zero-order chi connectivity index (χ0) is 24.5. The van der Waals surface area contributed by atoms with Crippen LogP contribution in [0.15, 0.2) is 46.5 Å². The van der Waals surface area contributed by atoms with Gasteiger partial charge in [-0.2, -0.15) is 9.97 Å². The largest absolute Gasteiger partial charge is 0.421 e. The van der Waals surface area contributed by atoms with Gasteiger partial charge in [0.05, 0.1) is 13.1 Å². The third-order valence-electron chi connectivity index (χ3n) is 5.82. The van der Waals surface area contributed by atoms with E-state index >= 15 is 4.39 Å². The molecule has 10 heteroatoms. The summed E-state index contributed by atoms with van der Waals surface area (Å²) >= 11 is 0. The summed E-state index contributed by atoms with van der Waals surface area (Å²) in [5.41, 5.74) is 2.39. The van der Waals surface area contributed by atoms with Crippen LogP contribution in [0.2, 0.25) is 0 Å². The molecule has 180 valence electrons. The highest BCUT2D eigenvalue weighted by atomic mass is 19.1. The molecule has 1 fully saturated rings. The lowest BCUT2D eigenvalue weighted by Crippen LogP contribution is -2.48. The van der Waals surface area contributed by atoms with Gasteiger partial charge in [-0.05, 0) is 31.9 Å². The number of carbonyl (C=O) groups is 1. The van der Waals surface area contributed by atoms with Crippen LogP contribution in [0.1, 0.15) is 25.0 Å². The zero-order valence-corrected chi connectivity index (χ0v) is 19.4. The van der Waals surface area contributed by atoms with Crippen LogP contribution in [0, 0.1) is 11.6 Å². The molecule has 3 aliphatic rings. The normalized spacial score (nSPS) is 17.2. The molecule has 8 nitrogen and oxygen atoms in total. The second-order valence-electron chi connectivity index (χ2n) is 8.54. The number of hydrogen-bond donors (Lipinski definition) is 2. The molecule has 0 atom stereocenters. The molecule has 2 aliphatic heterocycles. The molecule has 5 rings (SSSR count). The van der Waals surface area contributed by atoms with Crippen molar-refractivity contribution in [2.45, 2.75) is 20.3 Å². The van der Waals surface area contributed by atoms with Crippen LogP contribution in [-0.4, -0.2) is 47.9 Å². The van der Waals surface area contributed by atoms with Gasteiger partial charge in [0.25, 0.3) is 0 Å². The molecule has 2 N–H and O–H groups in total. The lowest BCUT2D eigenvalue weighted by Gasteiger charge is -2.28. The Balaban J connectivity index is 1.49. The molecule has 1 saturated heterocycles. The summed E-state index contributed by atoms with van der Waals surface area (Å²) in [6, 6.07) is 2.51. The topological polar surface area (TPSA) is 91.7 Å². The molecule has 0 radical (unpaired) electrons. The van der Waals surface area contributed by atoms with Crippen molar-refractivity contribution in [2.75, 3.05) is 36.4 Å². The van der Waals surface area contributed by atoms with Gasteiger partial charge in [0.1, 0.15) is 23.3 Å². The number of halogens is 2. The lowest BCUT2D eigenvalue weighted by atomic mass is 10.1. The molecule has 1 amide bonds. The fraction of sp³-hybridized carbons (Fsp3) is 0.280. The molecule has 1 aliphatic carbocycles. The number of benzene rings is 1. The fourth-order valence-electron chi connectivity index (χ4n) is 4.22. The van der Waals surface area contributed by atoms with E-state index in [2.05, 4.69) is 25.6 Å². The van der Waals surface area contributed by atoms with Crippen molar-refractivity contribution in [3.05, 3.63) is 64.3 Å². The van der Waals surface area contributed by atoms with Crippen LogP contribution >= 0.6 is 0 Å². The summed E-state index contributed by atoms with van der Waals surface area (Å²) in [6.45, 7) is 5.38. The van der Waals surface area contributed by atoms with Gasteiger partial charge in [-0.1, -0.05) is 23.8 Å². The summed E-state index contributed by atoms with van der Waals surface area (Å²) in [6.07, 6.45) is 7.76. The summed E-state index contributed by atoms with van der Waals surface area (Å²) < 4.78 is 35.5. The Morgan fingerprint density at radius 2 is 2.09 bits per heavy atom. The van der Waals surface area contributed by atoms with Crippen molar-refractivity contribution in [3.8, 4) is 11.8 Å². The Morgan fingerprint density at radius 1 is 1.23 bits per heavy atom. The summed E-state index contributed by atoms with van der Waals surface area (Å²) in [5.74, 6) is -0.292. The number of nitrogens with one attached hydrogen (secondary N) is 2. The van der Waals surface area contributed by atoms with Crippen LogP contribution in [0.25, 0.3) is 6.08 Å². The summed E-state index contributed by atoms with van der Waals surface area (Å²) in [7, 11) is 0. The Hall–Kier alpha value is -4.08. The van der Waals surface area contributed by atoms with Gasteiger partial charge >= 0.3 is 6.01 Å². The fourth-order valence-corrected chi connectivity index (χ4v) is 4.22. The van der Waals surface area contributed by atoms with Crippen molar-refractivity contribution in [2.24, 2.45) is 4.99 Å². The maximum absolute atomic E-state index is 15.2. The van der Waals surface area contributed by atoms with Gasteiger partial charge in [0, 0.05) is 36.3 Å². The summed E-state index contributed by atoms with van der Waals surface area (Å²) in [5, 5.41) is 5.89. The number of anilines is 2. The number of nitrogens with zero attached hydrogens (tertiary/aromatic N) is 4. The van der Waals surface area contributed by atoms with Gasteiger partial charge in [-0.25, -0.2) is 8.78 Å². The Bertz CT molecular complexity index is 1330. The Labute approximate surface area is 201 Å². The number of ether oxygens (including phenoxy) is 1. The van der Waals surface area contributed by atoms with E-state index in [1.165, 1.54) is 0 Å². The number of carbonyl (C=O) groups excluding carboxylic acids is 1. The number of piperazine rings is 1. The number of fused-ring (bicyclic) bond motifs is 1. The Morgan fingerprint density at radius 3 is 2.89 bits per heavy atom. The van der Waals surface area contributed by atoms with Crippen LogP contribution < -0.4 is 20.3 Å². The maximum Gasteiger partial charge on any atom is 0.326 e. The minimum Gasteiger partial charge on any atom is -0.421 e. The maximum atomic E-state index is 15.2. The van der Waals surface area contributed by atoms with Crippen molar-refractivity contribution in [1.29, 1.82) is 0 Å². The van der Waals surface area contributed by atoms with E-state index in [9.17, 15) is 9.18 Å². The smallest absolute Gasteiger partial charge is 0.326 e. The van der Waals surface area contributed by atoms with Crippen molar-refractivity contribution >= 4 is 29.5 Å². The standard InChI is InChI=1S/C25H24F2N6O2/c1-3-4-15-9-20(29-12-15)30-21-11-22(33-6-5-28-23(34)13-33)32-25(31-21)35-19-10-18(26)16-7-14(2)8-17(16)24(19)27/h3-4,8-11H,5-7,12-13H2,1-2H3,(H,28,34)(H,29,30,31,32)/b4-3+. The molecule has 0 unspecified atom stereocenters. The summed E-state index contributed by atoms with van der Waals surface area (Å²) in [4.78, 5) is 26.9. The average molecular weight is 479 g/mol. The van der Waals surface area contributed by atoms with Crippen molar-refractivity contribution < 1.29 is 18.3 Å². The minimum absolute atomic E-state index is 0.105. The molecule has 1 aromatic carbocycles. The zero-order valence-electron chi connectivity index (χ0n) is 19.4. The monoisotopic (exact) mass is 478 g/mol. The number of rotatable bonds is 5. The number of aromatic nitrogens is 2. The van der Waals surface area contributed by atoms with Crippen LogP contribution in [-0.2, 0) is 11.2 Å². The molecule has 3 heterocycles. The molecule has 2 aromatic rings. The first kappa shape index (κ1) is 22.7. The molecule has 0 saturated carbocycles. The van der Waals surface area contributed by atoms with Crippen molar-refractivity contribution in [1.82, 2.24) is 15.3 Å². The van der Waals surface area contributed by atoms with Gasteiger partial charge < -0.3 is 20.3 Å². The predicted octanol–water partition coefficient (Wildman–Crippen LogP) is 3.77. The van der Waals surface area contributed by atoms with Crippen LogP contribution in [0.5, 0.6) is 11.8 Å². The number of amidine groups is 1. The van der Waals surface area contributed by atoms with Gasteiger partial charge in [-0.3, -0.25) is 9.79 Å². The molecular weight excluding hydrogens is 454 g/mol. The molecule has 35 heavy (non-hydrogen) atoms. The predicted molar refractivity (Wildman–Crippen MR) is 130 cm³/mol. The second kappa shape index (κ2) is 9.28. The third-order valence-corrected chi connectivity index (χ3v) is 5.82. The van der Waals surface area contributed by atoms with E-state index in [1.54, 1.807) is 17.0 Å². The SMILES string of the molecule is C/C=C/C1=CC(Nc2cc(N3CCNC(=O)C3)nc(Oc3cc(F)c4c(c3F)C=C(C)C4)n2)=NC1. The van der Waals surface area contributed by atoms with Gasteiger partial charge in [-0.15, -0.1) is 0 Å². The number of allylic oxidation sites excluding steroid dienone is 2. The number of aliphatic imine (C=N–C) groups is 1. The first-order valence-electron chi connectivity index (χ1n) is 11.3. The molecular formula is C25H24F2N6O2. The first-order chi connectivity index (χ1) is 16.9. The highest BCUT2D eigenvalue weighted by Crippen LogP contribution is 2.36. The molecule has 0 bridgehead atoms.